The van der Waals surface area contributed by atoms with Crippen molar-refractivity contribution >= 4 is 30.2 Å². The van der Waals surface area contributed by atoms with Gasteiger partial charge in [-0.05, 0) is 60.8 Å². The van der Waals surface area contributed by atoms with Crippen molar-refractivity contribution < 1.29 is 45.5 Å². The fourth-order valence-corrected chi connectivity index (χ4v) is 5.38. The highest BCUT2D eigenvalue weighted by Crippen LogP contribution is 2.31. The first-order valence-corrected chi connectivity index (χ1v) is 13.5. The molecule has 2 aliphatic rings. The maximum absolute atomic E-state index is 13.2. The first kappa shape index (κ1) is 34.2. The van der Waals surface area contributed by atoms with Crippen LogP contribution in [-0.2, 0) is 33.2 Å². The summed E-state index contributed by atoms with van der Waals surface area (Å²) in [6.45, 7) is 4.00. The summed E-state index contributed by atoms with van der Waals surface area (Å²) in [7, 11) is 0. The minimum atomic E-state index is -4.49. The number of nitrogens with zero attached hydrogens (tertiary/aromatic N) is 3. The molecule has 0 bridgehead atoms. The molecule has 14 heteroatoms. The first-order valence-electron chi connectivity index (χ1n) is 13.5. The van der Waals surface area contributed by atoms with Crippen LogP contribution in [0.1, 0.15) is 36.5 Å². The molecule has 2 heterocycles. The quantitative estimate of drug-likeness (QED) is 0.242. The summed E-state index contributed by atoms with van der Waals surface area (Å²) in [5, 5.41) is 0. The molecule has 0 N–H and O–H groups in total. The maximum Gasteiger partial charge on any atom is 0.416 e. The molecule has 4 rings (SSSR count). The van der Waals surface area contributed by atoms with E-state index in [1.54, 1.807) is 9.80 Å². The third kappa shape index (κ3) is 9.33. The highest BCUT2D eigenvalue weighted by atomic mass is 35.5. The molecule has 2 aromatic carbocycles. The van der Waals surface area contributed by atoms with Crippen LogP contribution >= 0.6 is 12.4 Å². The van der Waals surface area contributed by atoms with Gasteiger partial charge in [0.15, 0.2) is 0 Å². The van der Waals surface area contributed by atoms with Crippen molar-refractivity contribution in [1.29, 1.82) is 0 Å². The van der Waals surface area contributed by atoms with Crippen LogP contribution in [-0.4, -0.2) is 77.8 Å². The monoisotopic (exact) mass is 635 g/mol. The summed E-state index contributed by atoms with van der Waals surface area (Å²) in [6.07, 6.45) is -8.29. The third-order valence-electron chi connectivity index (χ3n) is 7.59. The van der Waals surface area contributed by atoms with E-state index < -0.39 is 29.4 Å². The molecule has 0 aliphatic carbocycles. The topological polar surface area (TPSA) is 70.2 Å². The van der Waals surface area contributed by atoms with Crippen LogP contribution in [0.15, 0.2) is 48.5 Å². The average molecular weight is 636 g/mol. The van der Waals surface area contributed by atoms with E-state index in [1.807, 2.05) is 0 Å². The SMILES string of the molecule is CC(=O)N1CCN(C(=O)Cc2ccc(C(F)(F)F)cc2)C(CN2CCC(CC(=O)Oc3ccc(C(F)(F)F)cc3)C2)C1.Cl. The zero-order valence-electron chi connectivity index (χ0n) is 23.3. The van der Waals surface area contributed by atoms with Crippen LogP contribution in [0.3, 0.4) is 0 Å². The predicted octanol–water partition coefficient (Wildman–Crippen LogP) is 5.07. The number of hydrogen-bond acceptors (Lipinski definition) is 5. The fraction of sp³-hybridized carbons (Fsp3) is 0.483. The molecule has 0 spiro atoms. The molecule has 0 radical (unpaired) electrons. The fourth-order valence-electron chi connectivity index (χ4n) is 5.38. The van der Waals surface area contributed by atoms with Gasteiger partial charge >= 0.3 is 18.3 Å². The lowest BCUT2D eigenvalue weighted by molar-refractivity contribution is -0.142. The molecule has 2 atom stereocenters. The van der Waals surface area contributed by atoms with E-state index in [0.717, 1.165) is 36.4 Å². The number of carbonyl (C=O) groups is 3. The highest BCUT2D eigenvalue weighted by Gasteiger charge is 2.36. The van der Waals surface area contributed by atoms with Gasteiger partial charge in [-0.3, -0.25) is 14.4 Å². The lowest BCUT2D eigenvalue weighted by Gasteiger charge is -2.42. The van der Waals surface area contributed by atoms with E-state index in [4.69, 9.17) is 4.74 Å². The van der Waals surface area contributed by atoms with Gasteiger partial charge in [-0.25, -0.2) is 0 Å². The van der Waals surface area contributed by atoms with Crippen LogP contribution in [0.4, 0.5) is 26.3 Å². The summed E-state index contributed by atoms with van der Waals surface area (Å²) >= 11 is 0. The molecule has 2 amide bonds. The molecular formula is C29H32ClF6N3O4. The largest absolute Gasteiger partial charge is 0.427 e. The number of carbonyl (C=O) groups excluding carboxylic acids is 3. The first-order chi connectivity index (χ1) is 19.7. The number of esters is 1. The molecule has 0 saturated carbocycles. The Hall–Kier alpha value is -3.32. The Morgan fingerprint density at radius 2 is 1.42 bits per heavy atom. The maximum atomic E-state index is 13.2. The van der Waals surface area contributed by atoms with E-state index in [1.165, 1.54) is 19.1 Å². The van der Waals surface area contributed by atoms with Crippen molar-refractivity contribution in [3.05, 3.63) is 65.2 Å². The van der Waals surface area contributed by atoms with Crippen molar-refractivity contribution in [1.82, 2.24) is 14.7 Å². The van der Waals surface area contributed by atoms with Crippen molar-refractivity contribution in [3.63, 3.8) is 0 Å². The van der Waals surface area contributed by atoms with E-state index in [0.29, 0.717) is 51.3 Å². The van der Waals surface area contributed by atoms with Gasteiger partial charge in [0.05, 0.1) is 30.0 Å². The van der Waals surface area contributed by atoms with Gasteiger partial charge in [0.25, 0.3) is 0 Å². The summed E-state index contributed by atoms with van der Waals surface area (Å²) in [5.41, 5.74) is -1.18. The van der Waals surface area contributed by atoms with Gasteiger partial charge < -0.3 is 19.4 Å². The summed E-state index contributed by atoms with van der Waals surface area (Å²) in [5.74, 6) is -0.971. The van der Waals surface area contributed by atoms with E-state index in [9.17, 15) is 40.7 Å². The molecule has 236 valence electrons. The lowest BCUT2D eigenvalue weighted by Crippen LogP contribution is -2.59. The Labute approximate surface area is 251 Å². The van der Waals surface area contributed by atoms with Gasteiger partial charge in [0.1, 0.15) is 5.75 Å². The summed E-state index contributed by atoms with van der Waals surface area (Å²) in [6, 6.07) is 8.01. The molecule has 2 unspecified atom stereocenters. The zero-order valence-corrected chi connectivity index (χ0v) is 24.1. The molecule has 7 nitrogen and oxygen atoms in total. The van der Waals surface area contributed by atoms with Gasteiger partial charge in [-0.1, -0.05) is 12.1 Å². The van der Waals surface area contributed by atoms with E-state index in [2.05, 4.69) is 4.90 Å². The normalized spacial score (nSPS) is 19.6. The highest BCUT2D eigenvalue weighted by molar-refractivity contribution is 5.85. The number of halogens is 7. The second-order valence-electron chi connectivity index (χ2n) is 10.7. The van der Waals surface area contributed by atoms with Crippen molar-refractivity contribution in [3.8, 4) is 5.75 Å². The van der Waals surface area contributed by atoms with E-state index in [-0.39, 0.29) is 54.8 Å². The van der Waals surface area contributed by atoms with Crippen LogP contribution in [0.2, 0.25) is 0 Å². The number of alkyl halides is 6. The Kier molecular flexibility index (Phi) is 11.1. The number of amides is 2. The number of ether oxygens (including phenoxy) is 1. The second kappa shape index (κ2) is 14.0. The second-order valence-corrected chi connectivity index (χ2v) is 10.7. The van der Waals surface area contributed by atoms with Gasteiger partial charge in [-0.2, -0.15) is 26.3 Å². The third-order valence-corrected chi connectivity index (χ3v) is 7.59. The van der Waals surface area contributed by atoms with Crippen LogP contribution < -0.4 is 4.74 Å². The number of benzene rings is 2. The Bertz CT molecular complexity index is 1270. The predicted molar refractivity (Wildman–Crippen MR) is 146 cm³/mol. The van der Waals surface area contributed by atoms with Gasteiger partial charge in [0.2, 0.25) is 11.8 Å². The zero-order chi connectivity index (χ0) is 30.7. The lowest BCUT2D eigenvalue weighted by atomic mass is 10.0. The van der Waals surface area contributed by atoms with Crippen LogP contribution in [0.5, 0.6) is 5.75 Å². The molecular weight excluding hydrogens is 604 g/mol. The Morgan fingerprint density at radius 3 is 1.98 bits per heavy atom. The molecule has 2 aromatic rings. The smallest absolute Gasteiger partial charge is 0.416 e. The molecule has 2 fully saturated rings. The van der Waals surface area contributed by atoms with Crippen molar-refractivity contribution in [2.45, 2.75) is 44.6 Å². The molecule has 2 aliphatic heterocycles. The Morgan fingerprint density at radius 1 is 0.837 bits per heavy atom. The number of rotatable bonds is 7. The summed E-state index contributed by atoms with van der Waals surface area (Å²) < 4.78 is 82.1. The van der Waals surface area contributed by atoms with Gasteiger partial charge in [-0.15, -0.1) is 12.4 Å². The summed E-state index contributed by atoms with van der Waals surface area (Å²) in [4.78, 5) is 43.1. The van der Waals surface area contributed by atoms with Crippen LogP contribution in [0.25, 0.3) is 0 Å². The number of hydrogen-bond donors (Lipinski definition) is 0. The van der Waals surface area contributed by atoms with Crippen LogP contribution in [0, 0.1) is 5.92 Å². The van der Waals surface area contributed by atoms with Crippen molar-refractivity contribution in [2.24, 2.45) is 5.92 Å². The minimum absolute atomic E-state index is 0. The molecule has 43 heavy (non-hydrogen) atoms. The minimum Gasteiger partial charge on any atom is -0.427 e. The van der Waals surface area contributed by atoms with Crippen molar-refractivity contribution in [2.75, 3.05) is 39.3 Å². The molecule has 0 aromatic heterocycles. The number of likely N-dealkylation sites (tertiary alicyclic amines) is 1. The average Bonchev–Trinajstić information content (AvgIpc) is 3.34. The number of piperazine rings is 1. The van der Waals surface area contributed by atoms with E-state index >= 15 is 0 Å². The van der Waals surface area contributed by atoms with Gasteiger partial charge in [0, 0.05) is 39.6 Å². The molecule has 2 saturated heterocycles. The standard InChI is InChI=1S/C29H31F6N3O4.ClH/c1-19(39)37-12-13-38(26(40)14-20-2-4-22(5-3-20)28(30,31)32)24(18-37)17-36-11-10-21(16-36)15-27(41)42-25-8-6-23(7-9-25)29(33,34)35;/h2-9,21,24H,10-18H2,1H3;1H. The Balaban J connectivity index is 0.00000506.